The van der Waals surface area contributed by atoms with Crippen LogP contribution in [0.2, 0.25) is 0 Å². The predicted molar refractivity (Wildman–Crippen MR) is 165 cm³/mol. The van der Waals surface area contributed by atoms with Crippen LogP contribution in [-0.2, 0) is 14.6 Å². The third kappa shape index (κ3) is 7.85. The number of halogens is 2. The molecule has 1 aliphatic rings. The maximum atomic E-state index is 13.1. The zero-order valence-electron chi connectivity index (χ0n) is 24.9. The minimum atomic E-state index is -3.39. The Labute approximate surface area is 265 Å². The van der Waals surface area contributed by atoms with E-state index in [0.717, 1.165) is 5.69 Å². The van der Waals surface area contributed by atoms with Crippen molar-refractivity contribution in [2.45, 2.75) is 49.5 Å². The first-order valence-corrected chi connectivity index (χ1v) is 16.2. The number of benzene rings is 3. The SMILES string of the molecule is CCS(=O)(=O)c1ccc(C(CC#N)NC(=O)c2ccc(N3C[C@@H](Oc4ccc(-n5nccn5)cc4)C[C@H]3COC(F)F)cc2)cc1. The highest BCUT2D eigenvalue weighted by Gasteiger charge is 2.34. The second kappa shape index (κ2) is 14.5. The Kier molecular flexibility index (Phi) is 10.2. The van der Waals surface area contributed by atoms with Gasteiger partial charge >= 0.3 is 6.61 Å². The molecule has 4 aromatic rings. The van der Waals surface area contributed by atoms with Gasteiger partial charge in [0.1, 0.15) is 11.9 Å². The van der Waals surface area contributed by atoms with E-state index in [0.29, 0.717) is 35.5 Å². The molecule has 2 heterocycles. The molecular formula is C32H32F2N6O5S. The van der Waals surface area contributed by atoms with E-state index in [9.17, 15) is 27.3 Å². The van der Waals surface area contributed by atoms with Gasteiger partial charge in [-0.25, -0.2) is 8.42 Å². The van der Waals surface area contributed by atoms with Crippen molar-refractivity contribution in [1.29, 1.82) is 5.26 Å². The Morgan fingerprint density at radius 2 is 1.67 bits per heavy atom. The summed E-state index contributed by atoms with van der Waals surface area (Å²) >= 11 is 0. The molecule has 5 rings (SSSR count). The molecular weight excluding hydrogens is 618 g/mol. The Bertz CT molecular complexity index is 1750. The molecule has 0 aliphatic carbocycles. The molecule has 1 amide bonds. The number of carbonyl (C=O) groups excluding carboxylic acids is 1. The number of hydrogen-bond acceptors (Lipinski definition) is 9. The summed E-state index contributed by atoms with van der Waals surface area (Å²) in [6.45, 7) is -1.16. The molecule has 11 nitrogen and oxygen atoms in total. The van der Waals surface area contributed by atoms with Gasteiger partial charge in [0.2, 0.25) is 0 Å². The highest BCUT2D eigenvalue weighted by molar-refractivity contribution is 7.91. The van der Waals surface area contributed by atoms with Gasteiger partial charge in [0.05, 0.1) is 66.5 Å². The first kappa shape index (κ1) is 32.5. The summed E-state index contributed by atoms with van der Waals surface area (Å²) in [5.74, 6) is 0.147. The Balaban J connectivity index is 1.26. The molecule has 240 valence electrons. The molecule has 1 saturated heterocycles. The van der Waals surface area contributed by atoms with Crippen LogP contribution in [0, 0.1) is 11.3 Å². The van der Waals surface area contributed by atoms with Crippen molar-refractivity contribution in [1.82, 2.24) is 20.3 Å². The maximum Gasteiger partial charge on any atom is 0.345 e. The number of anilines is 1. The number of sulfone groups is 1. The zero-order valence-corrected chi connectivity index (χ0v) is 25.7. The molecule has 46 heavy (non-hydrogen) atoms. The average molecular weight is 651 g/mol. The average Bonchev–Trinajstić information content (AvgIpc) is 3.75. The number of rotatable bonds is 13. The number of alkyl halides is 2. The fourth-order valence-electron chi connectivity index (χ4n) is 5.28. The van der Waals surface area contributed by atoms with Crippen LogP contribution in [0.15, 0.2) is 90.1 Å². The van der Waals surface area contributed by atoms with Gasteiger partial charge in [-0.05, 0) is 66.2 Å². The molecule has 0 bridgehead atoms. The Morgan fingerprint density at radius 3 is 2.28 bits per heavy atom. The van der Waals surface area contributed by atoms with E-state index in [4.69, 9.17) is 4.74 Å². The van der Waals surface area contributed by atoms with Gasteiger partial charge in [0.15, 0.2) is 9.84 Å². The summed E-state index contributed by atoms with van der Waals surface area (Å²) in [7, 11) is -3.39. The third-order valence-corrected chi connectivity index (χ3v) is 9.41. The number of ether oxygens (including phenoxy) is 2. The van der Waals surface area contributed by atoms with Crippen LogP contribution in [0.3, 0.4) is 0 Å². The van der Waals surface area contributed by atoms with E-state index in [1.165, 1.54) is 16.9 Å². The number of nitrogens with one attached hydrogen (secondary N) is 1. The minimum absolute atomic E-state index is 0.0203. The van der Waals surface area contributed by atoms with Crippen molar-refractivity contribution < 1.29 is 31.5 Å². The summed E-state index contributed by atoms with van der Waals surface area (Å²) in [4.78, 5) is 16.7. The highest BCUT2D eigenvalue weighted by Crippen LogP contribution is 2.30. The summed E-state index contributed by atoms with van der Waals surface area (Å²) < 4.78 is 61.1. The largest absolute Gasteiger partial charge is 0.489 e. The summed E-state index contributed by atoms with van der Waals surface area (Å²) in [6, 6.07) is 21.0. The molecule has 1 aliphatic heterocycles. The van der Waals surface area contributed by atoms with E-state index >= 15 is 0 Å². The molecule has 3 aromatic carbocycles. The fourth-order valence-corrected chi connectivity index (χ4v) is 6.16. The first-order chi connectivity index (χ1) is 22.2. The van der Waals surface area contributed by atoms with Crippen molar-refractivity contribution in [2.24, 2.45) is 0 Å². The van der Waals surface area contributed by atoms with Crippen LogP contribution < -0.4 is 15.0 Å². The summed E-state index contributed by atoms with van der Waals surface area (Å²) in [5.41, 5.74) is 2.39. The highest BCUT2D eigenvalue weighted by atomic mass is 32.2. The fraction of sp³-hybridized carbons (Fsp3) is 0.312. The van der Waals surface area contributed by atoms with Gasteiger partial charge in [-0.2, -0.15) is 29.0 Å². The second-order valence-electron chi connectivity index (χ2n) is 10.6. The summed E-state index contributed by atoms with van der Waals surface area (Å²) in [5, 5.41) is 20.4. The molecule has 0 saturated carbocycles. The first-order valence-electron chi connectivity index (χ1n) is 14.6. The van der Waals surface area contributed by atoms with Gasteiger partial charge in [-0.15, -0.1) is 0 Å². The molecule has 1 N–H and O–H groups in total. The maximum absolute atomic E-state index is 13.1. The molecule has 0 spiro atoms. The van der Waals surface area contributed by atoms with E-state index in [-0.39, 0.29) is 29.8 Å². The number of carbonyl (C=O) groups is 1. The smallest absolute Gasteiger partial charge is 0.345 e. The topological polar surface area (TPSA) is 139 Å². The van der Waals surface area contributed by atoms with Gasteiger partial charge in [0.25, 0.3) is 5.91 Å². The van der Waals surface area contributed by atoms with Gasteiger partial charge in [-0.3, -0.25) is 4.79 Å². The number of aromatic nitrogens is 3. The van der Waals surface area contributed by atoms with Crippen LogP contribution in [0.5, 0.6) is 5.75 Å². The predicted octanol–water partition coefficient (Wildman–Crippen LogP) is 4.71. The van der Waals surface area contributed by atoms with E-state index in [1.54, 1.807) is 67.8 Å². The van der Waals surface area contributed by atoms with Gasteiger partial charge in [-0.1, -0.05) is 19.1 Å². The van der Waals surface area contributed by atoms with Crippen molar-refractivity contribution in [3.63, 3.8) is 0 Å². The molecule has 14 heteroatoms. The lowest BCUT2D eigenvalue weighted by Crippen LogP contribution is -2.34. The second-order valence-corrected chi connectivity index (χ2v) is 12.9. The number of amides is 1. The molecule has 1 fully saturated rings. The van der Waals surface area contributed by atoms with Crippen molar-refractivity contribution >= 4 is 21.4 Å². The van der Waals surface area contributed by atoms with E-state index in [1.807, 2.05) is 17.0 Å². The molecule has 0 radical (unpaired) electrons. The van der Waals surface area contributed by atoms with Crippen LogP contribution in [0.4, 0.5) is 14.5 Å². The van der Waals surface area contributed by atoms with E-state index in [2.05, 4.69) is 26.3 Å². The van der Waals surface area contributed by atoms with Crippen molar-refractivity contribution in [3.05, 3.63) is 96.3 Å². The number of hydrogen-bond donors (Lipinski definition) is 1. The lowest BCUT2D eigenvalue weighted by molar-refractivity contribution is -0.131. The van der Waals surface area contributed by atoms with Crippen LogP contribution in [0.1, 0.15) is 41.7 Å². The standard InChI is InChI=1S/C32H32F2N6O5S/c1-2-46(42,43)29-13-5-22(6-14-29)30(15-16-35)38-31(41)23-3-7-24(8-4-23)39-20-28(19-26(39)21-44-32(33)34)45-27-11-9-25(10-12-27)40-36-17-18-37-40/h3-14,17-18,26,28,30,32H,2,15,19-21H2,1H3,(H,38,41)/t26-,28-,30?/m0/s1. The van der Waals surface area contributed by atoms with Crippen LogP contribution in [0.25, 0.3) is 5.69 Å². The monoisotopic (exact) mass is 650 g/mol. The molecule has 1 unspecified atom stereocenters. The van der Waals surface area contributed by atoms with E-state index < -0.39 is 34.4 Å². The number of nitriles is 1. The lowest BCUT2D eigenvalue weighted by Gasteiger charge is -2.26. The van der Waals surface area contributed by atoms with Crippen LogP contribution >= 0.6 is 0 Å². The third-order valence-electron chi connectivity index (χ3n) is 7.66. The van der Waals surface area contributed by atoms with Gasteiger partial charge < -0.3 is 19.7 Å². The number of nitrogens with zero attached hydrogens (tertiary/aromatic N) is 5. The zero-order chi connectivity index (χ0) is 32.7. The molecule has 3 atom stereocenters. The van der Waals surface area contributed by atoms with Crippen molar-refractivity contribution in [3.8, 4) is 17.5 Å². The van der Waals surface area contributed by atoms with Gasteiger partial charge in [0, 0.05) is 17.7 Å². The Morgan fingerprint density at radius 1 is 1.02 bits per heavy atom. The Hall–Kier alpha value is -4.87. The minimum Gasteiger partial charge on any atom is -0.489 e. The van der Waals surface area contributed by atoms with Crippen molar-refractivity contribution in [2.75, 3.05) is 23.8 Å². The molecule has 1 aromatic heterocycles. The quantitative estimate of drug-likeness (QED) is 0.218. The van der Waals surface area contributed by atoms with Crippen LogP contribution in [-0.4, -0.2) is 67.0 Å². The summed E-state index contributed by atoms with van der Waals surface area (Å²) in [6.07, 6.45) is 3.26. The lowest BCUT2D eigenvalue weighted by atomic mass is 10.0. The normalized spacial score (nSPS) is 17.1.